The van der Waals surface area contributed by atoms with Crippen molar-refractivity contribution in [3.8, 4) is 5.88 Å². The van der Waals surface area contributed by atoms with Crippen molar-refractivity contribution in [1.29, 1.82) is 0 Å². The van der Waals surface area contributed by atoms with Crippen LogP contribution in [0.25, 0.3) is 0 Å². The molecule has 1 aromatic heterocycles. The van der Waals surface area contributed by atoms with E-state index in [0.717, 1.165) is 23.8 Å². The van der Waals surface area contributed by atoms with Gasteiger partial charge in [0, 0.05) is 12.6 Å². The van der Waals surface area contributed by atoms with Gasteiger partial charge in [0.25, 0.3) is 0 Å². The van der Waals surface area contributed by atoms with Gasteiger partial charge in [-0.25, -0.2) is 14.3 Å². The number of hydrogen-bond acceptors (Lipinski definition) is 8. The zero-order chi connectivity index (χ0) is 27.1. The Labute approximate surface area is 221 Å². The van der Waals surface area contributed by atoms with Crippen LogP contribution in [0, 0.1) is 6.92 Å². The number of unbranched alkanes of at least 4 members (excludes halogenated alkanes) is 13. The van der Waals surface area contributed by atoms with Gasteiger partial charge in [-0.15, -0.1) is 0 Å². The molecule has 0 bridgehead atoms. The number of aromatic nitrogens is 2. The van der Waals surface area contributed by atoms with Crippen LogP contribution in [0.1, 0.15) is 115 Å². The molecular weight excluding hydrogens is 499 g/mol. The number of hydrogen-bond donors (Lipinski definition) is 2. The van der Waals surface area contributed by atoms with Crippen LogP contribution in [-0.4, -0.2) is 45.0 Å². The van der Waals surface area contributed by atoms with Crippen LogP contribution in [0.4, 0.5) is 0 Å². The van der Waals surface area contributed by atoms with Crippen LogP contribution in [0.2, 0.25) is 0 Å². The molecule has 214 valence electrons. The fraction of sp³-hybridized carbons (Fsp3) is 0.846. The Bertz CT molecular complexity index is 881. The molecule has 0 saturated carbocycles. The molecule has 2 rings (SSSR count). The number of phosphoric acid groups is 1. The number of ether oxygens (including phenoxy) is 1. The van der Waals surface area contributed by atoms with Crippen LogP contribution >= 0.6 is 7.82 Å². The van der Waals surface area contributed by atoms with E-state index >= 15 is 0 Å². The second-order valence-electron chi connectivity index (χ2n) is 10.0. The molecule has 37 heavy (non-hydrogen) atoms. The first-order valence-electron chi connectivity index (χ1n) is 14.0. The van der Waals surface area contributed by atoms with E-state index in [-0.39, 0.29) is 18.6 Å². The standard InChI is InChI=1S/C26H47N2O8P/c1-3-4-5-6-7-8-9-10-11-12-13-14-15-16-17-34-37(32,33)36-22-18-24(35-23(22)20-29)28-19-21(2)25(30)27-26(28)31/h19,22-24,29H,3-18,20H2,1-2H3,(H,32,33)(H,27,30,31)/p-1/t22-,23+,24+/m0/s1. The molecule has 1 fully saturated rings. The van der Waals surface area contributed by atoms with Crippen LogP contribution in [-0.2, 0) is 18.3 Å². The molecule has 1 saturated heterocycles. The highest BCUT2D eigenvalue weighted by Gasteiger charge is 2.41. The maximum Gasteiger partial charge on any atom is 0.472 e. The lowest BCUT2D eigenvalue weighted by atomic mass is 10.0. The van der Waals surface area contributed by atoms with Crippen molar-refractivity contribution in [3.05, 3.63) is 22.2 Å². The normalized spacial score (nSPS) is 21.4. The van der Waals surface area contributed by atoms with Gasteiger partial charge in [-0.3, -0.25) is 13.6 Å². The highest BCUT2D eigenvalue weighted by molar-refractivity contribution is 7.47. The summed E-state index contributed by atoms with van der Waals surface area (Å²) in [6.45, 7) is 3.39. The molecule has 4 atom stereocenters. The van der Waals surface area contributed by atoms with Gasteiger partial charge in [0.2, 0.25) is 0 Å². The molecule has 1 unspecified atom stereocenters. The quantitative estimate of drug-likeness (QED) is 0.173. The molecule has 1 aromatic rings. The summed E-state index contributed by atoms with van der Waals surface area (Å²) in [5, 5.41) is 21.2. The van der Waals surface area contributed by atoms with Gasteiger partial charge in [0.15, 0.2) is 0 Å². The van der Waals surface area contributed by atoms with Crippen LogP contribution < -0.4 is 10.8 Å². The summed E-state index contributed by atoms with van der Waals surface area (Å²) in [6, 6.07) is 0. The Morgan fingerprint density at radius 1 is 1.05 bits per heavy atom. The fourth-order valence-electron chi connectivity index (χ4n) is 4.58. The molecule has 2 N–H and O–H groups in total. The third-order valence-corrected chi connectivity index (χ3v) is 7.83. The number of phosphoric ester groups is 1. The molecule has 10 nitrogen and oxygen atoms in total. The smallest absolute Gasteiger partial charge is 0.472 e. The maximum absolute atomic E-state index is 12.4. The van der Waals surface area contributed by atoms with E-state index in [0.29, 0.717) is 6.42 Å². The highest BCUT2D eigenvalue weighted by Crippen LogP contribution is 2.48. The minimum atomic E-state index is -4.37. The predicted molar refractivity (Wildman–Crippen MR) is 139 cm³/mol. The fourth-order valence-corrected chi connectivity index (χ4v) is 5.57. The lowest BCUT2D eigenvalue weighted by Crippen LogP contribution is -2.29. The Balaban J connectivity index is 1.58. The summed E-state index contributed by atoms with van der Waals surface area (Å²) < 4.78 is 29.6. The van der Waals surface area contributed by atoms with Gasteiger partial charge < -0.3 is 19.8 Å². The topological polar surface area (TPSA) is 143 Å². The van der Waals surface area contributed by atoms with Crippen molar-refractivity contribution in [1.82, 2.24) is 9.55 Å². The average molecular weight is 546 g/mol. The van der Waals surface area contributed by atoms with Gasteiger partial charge in [0.1, 0.15) is 18.4 Å². The Kier molecular flexibility index (Phi) is 15.0. The zero-order valence-electron chi connectivity index (χ0n) is 22.5. The number of aliphatic hydroxyl groups excluding tert-OH is 1. The number of nitrogens with zero attached hydrogens (tertiary/aromatic N) is 2. The zero-order valence-corrected chi connectivity index (χ0v) is 23.4. The molecular formula is C26H46N2O8P-. The van der Waals surface area contributed by atoms with E-state index in [2.05, 4.69) is 11.9 Å². The molecule has 1 aliphatic rings. The van der Waals surface area contributed by atoms with Gasteiger partial charge in [-0.1, -0.05) is 90.4 Å². The number of aryl methyl sites for hydroxylation is 1. The third kappa shape index (κ3) is 12.0. The van der Waals surface area contributed by atoms with Gasteiger partial charge in [0.05, 0.1) is 13.2 Å². The number of aliphatic hydroxyl groups is 1. The van der Waals surface area contributed by atoms with Crippen molar-refractivity contribution in [2.75, 3.05) is 13.2 Å². The first kappa shape index (κ1) is 31.9. The van der Waals surface area contributed by atoms with Gasteiger partial charge >= 0.3 is 13.5 Å². The summed E-state index contributed by atoms with van der Waals surface area (Å²) in [4.78, 5) is 25.6. The molecule has 1 aliphatic heterocycles. The summed E-state index contributed by atoms with van der Waals surface area (Å²) in [5.74, 6) is -0.623. The van der Waals surface area contributed by atoms with Crippen LogP contribution in [0.5, 0.6) is 5.88 Å². The first-order valence-corrected chi connectivity index (χ1v) is 15.5. The average Bonchev–Trinajstić information content (AvgIpc) is 3.25. The molecule has 11 heteroatoms. The van der Waals surface area contributed by atoms with E-state index in [9.17, 15) is 24.5 Å². The minimum Gasteiger partial charge on any atom is -0.858 e. The highest BCUT2D eigenvalue weighted by atomic mass is 31.2. The minimum absolute atomic E-state index is 0.0250. The van der Waals surface area contributed by atoms with E-state index in [1.807, 2.05) is 0 Å². The monoisotopic (exact) mass is 545 g/mol. The van der Waals surface area contributed by atoms with E-state index < -0.39 is 44.4 Å². The summed E-state index contributed by atoms with van der Waals surface area (Å²) in [5.41, 5.74) is -0.531. The van der Waals surface area contributed by atoms with Crippen molar-refractivity contribution in [2.45, 2.75) is 129 Å². The van der Waals surface area contributed by atoms with Crippen molar-refractivity contribution >= 4 is 7.82 Å². The Hall–Kier alpha value is -1.29. The Morgan fingerprint density at radius 2 is 1.59 bits per heavy atom. The van der Waals surface area contributed by atoms with Crippen molar-refractivity contribution < 1.29 is 33.5 Å². The van der Waals surface area contributed by atoms with Gasteiger partial charge in [-0.2, -0.15) is 0 Å². The predicted octanol–water partition coefficient (Wildman–Crippen LogP) is 4.89. The second kappa shape index (κ2) is 17.3. The summed E-state index contributed by atoms with van der Waals surface area (Å²) in [7, 11) is -4.37. The summed E-state index contributed by atoms with van der Waals surface area (Å²) in [6.07, 6.45) is 15.6. The molecule has 0 aliphatic carbocycles. The Morgan fingerprint density at radius 3 is 2.14 bits per heavy atom. The lowest BCUT2D eigenvalue weighted by Gasteiger charge is -2.19. The lowest BCUT2D eigenvalue weighted by molar-refractivity contribution is -0.276. The molecule has 2 heterocycles. The molecule has 0 spiro atoms. The third-order valence-electron chi connectivity index (χ3n) is 6.78. The SMILES string of the molecule is CCCCCCCCCCCCCCCCOP(=O)(O)O[C@H]1C[C@H](n2cc(C)c([O-])nc2=O)O[C@@H]1CO. The van der Waals surface area contributed by atoms with Crippen LogP contribution in [0.15, 0.2) is 11.0 Å². The molecule has 0 radical (unpaired) electrons. The molecule has 0 aromatic carbocycles. The van der Waals surface area contributed by atoms with Crippen molar-refractivity contribution in [2.24, 2.45) is 0 Å². The van der Waals surface area contributed by atoms with E-state index in [4.69, 9.17) is 13.8 Å². The molecule has 0 amide bonds. The van der Waals surface area contributed by atoms with Crippen LogP contribution in [0.3, 0.4) is 0 Å². The first-order chi connectivity index (χ1) is 17.8. The van der Waals surface area contributed by atoms with Gasteiger partial charge in [-0.05, 0) is 24.8 Å². The number of rotatable bonds is 20. The second-order valence-corrected chi connectivity index (χ2v) is 11.4. The van der Waals surface area contributed by atoms with E-state index in [1.54, 1.807) is 0 Å². The van der Waals surface area contributed by atoms with E-state index in [1.165, 1.54) is 77.3 Å². The largest absolute Gasteiger partial charge is 0.858 e. The van der Waals surface area contributed by atoms with Crippen molar-refractivity contribution in [3.63, 3.8) is 0 Å². The summed E-state index contributed by atoms with van der Waals surface area (Å²) >= 11 is 0. The maximum atomic E-state index is 12.4.